The quantitative estimate of drug-likeness (QED) is 0.368. The number of benzene rings is 1. The average Bonchev–Trinajstić information content (AvgIpc) is 2.66. The summed E-state index contributed by atoms with van der Waals surface area (Å²) in [6.45, 7) is 4.53. The van der Waals surface area contributed by atoms with Crippen LogP contribution in [0.4, 0.5) is 0 Å². The third-order valence-corrected chi connectivity index (χ3v) is 4.96. The molecule has 0 bridgehead atoms. The standard InChI is InChI=1S/C24H35N/c1-3-5-7-9-11-13-22-16-19-24(25-20-22)23-17-14-21(15-18-23)12-10-8-6-4-2/h14-20H,3-13H2,1-2H3. The van der Waals surface area contributed by atoms with Crippen LogP contribution in [0.15, 0.2) is 42.6 Å². The highest BCUT2D eigenvalue weighted by Crippen LogP contribution is 2.19. The van der Waals surface area contributed by atoms with E-state index in [1.165, 1.54) is 80.9 Å². The van der Waals surface area contributed by atoms with Gasteiger partial charge in [0.25, 0.3) is 0 Å². The third kappa shape index (κ3) is 7.42. The zero-order valence-electron chi connectivity index (χ0n) is 16.3. The number of nitrogens with zero attached hydrogens (tertiary/aromatic N) is 1. The summed E-state index contributed by atoms with van der Waals surface area (Å²) < 4.78 is 0. The van der Waals surface area contributed by atoms with Crippen molar-refractivity contribution in [1.29, 1.82) is 0 Å². The Balaban J connectivity index is 1.80. The first-order chi connectivity index (χ1) is 12.3. The minimum atomic E-state index is 1.09. The number of aromatic nitrogens is 1. The van der Waals surface area contributed by atoms with Gasteiger partial charge in [-0.05, 0) is 42.9 Å². The molecule has 0 aliphatic heterocycles. The van der Waals surface area contributed by atoms with E-state index in [1.54, 1.807) is 0 Å². The summed E-state index contributed by atoms with van der Waals surface area (Å²) in [5.74, 6) is 0. The average molecular weight is 338 g/mol. The molecule has 136 valence electrons. The van der Waals surface area contributed by atoms with Gasteiger partial charge in [0, 0.05) is 11.8 Å². The second-order valence-electron chi connectivity index (χ2n) is 7.22. The molecule has 0 saturated heterocycles. The first-order valence-corrected chi connectivity index (χ1v) is 10.4. The van der Waals surface area contributed by atoms with Gasteiger partial charge in [-0.15, -0.1) is 0 Å². The van der Waals surface area contributed by atoms with Crippen molar-refractivity contribution in [3.8, 4) is 11.3 Å². The molecule has 1 nitrogen and oxygen atoms in total. The van der Waals surface area contributed by atoms with Gasteiger partial charge in [0.1, 0.15) is 0 Å². The highest BCUT2D eigenvalue weighted by atomic mass is 14.7. The van der Waals surface area contributed by atoms with Crippen LogP contribution in [0.5, 0.6) is 0 Å². The van der Waals surface area contributed by atoms with E-state index in [2.05, 4.69) is 61.4 Å². The Bertz CT molecular complexity index is 568. The lowest BCUT2D eigenvalue weighted by atomic mass is 10.0. The largest absolute Gasteiger partial charge is 0.256 e. The maximum Gasteiger partial charge on any atom is 0.0702 e. The normalized spacial score (nSPS) is 11.0. The zero-order valence-corrected chi connectivity index (χ0v) is 16.3. The highest BCUT2D eigenvalue weighted by molar-refractivity contribution is 5.59. The maximum absolute atomic E-state index is 4.68. The molecule has 0 radical (unpaired) electrons. The molecule has 1 aromatic carbocycles. The van der Waals surface area contributed by atoms with Gasteiger partial charge >= 0.3 is 0 Å². The summed E-state index contributed by atoms with van der Waals surface area (Å²) in [7, 11) is 0. The molecule has 0 aliphatic carbocycles. The Morgan fingerprint density at radius 1 is 0.600 bits per heavy atom. The molecule has 0 fully saturated rings. The predicted molar refractivity (Wildman–Crippen MR) is 110 cm³/mol. The minimum absolute atomic E-state index is 1.09. The van der Waals surface area contributed by atoms with Crippen LogP contribution in [0.3, 0.4) is 0 Å². The van der Waals surface area contributed by atoms with Crippen molar-refractivity contribution in [3.63, 3.8) is 0 Å². The lowest BCUT2D eigenvalue weighted by molar-refractivity contribution is 0.632. The van der Waals surface area contributed by atoms with Gasteiger partial charge in [-0.1, -0.05) is 89.1 Å². The van der Waals surface area contributed by atoms with Crippen LogP contribution in [-0.2, 0) is 12.8 Å². The lowest BCUT2D eigenvalue weighted by Gasteiger charge is -2.06. The molecule has 0 atom stereocenters. The fourth-order valence-corrected chi connectivity index (χ4v) is 3.27. The summed E-state index contributed by atoms with van der Waals surface area (Å²) in [6.07, 6.45) is 16.4. The Morgan fingerprint density at radius 3 is 1.76 bits per heavy atom. The van der Waals surface area contributed by atoms with E-state index in [1.807, 2.05) is 0 Å². The van der Waals surface area contributed by atoms with Gasteiger partial charge in [0.05, 0.1) is 5.69 Å². The van der Waals surface area contributed by atoms with Gasteiger partial charge in [0.15, 0.2) is 0 Å². The highest BCUT2D eigenvalue weighted by Gasteiger charge is 2.01. The van der Waals surface area contributed by atoms with Crippen molar-refractivity contribution in [2.45, 2.75) is 84.5 Å². The molecule has 0 saturated carbocycles. The molecule has 1 heterocycles. The van der Waals surface area contributed by atoms with Crippen molar-refractivity contribution < 1.29 is 0 Å². The Morgan fingerprint density at radius 2 is 1.16 bits per heavy atom. The van der Waals surface area contributed by atoms with E-state index in [0.29, 0.717) is 0 Å². The fraction of sp³-hybridized carbons (Fsp3) is 0.542. The number of unbranched alkanes of at least 4 members (excludes halogenated alkanes) is 7. The second-order valence-corrected chi connectivity index (χ2v) is 7.22. The van der Waals surface area contributed by atoms with E-state index in [9.17, 15) is 0 Å². The van der Waals surface area contributed by atoms with Crippen LogP contribution in [0.1, 0.15) is 82.8 Å². The fourth-order valence-electron chi connectivity index (χ4n) is 3.27. The van der Waals surface area contributed by atoms with Crippen molar-refractivity contribution >= 4 is 0 Å². The SMILES string of the molecule is CCCCCCCc1ccc(-c2ccc(CCCCCC)cc2)nc1. The van der Waals surface area contributed by atoms with Gasteiger partial charge < -0.3 is 0 Å². The number of hydrogen-bond donors (Lipinski definition) is 0. The number of hydrogen-bond acceptors (Lipinski definition) is 1. The molecular formula is C24H35N. The number of pyridine rings is 1. The molecule has 0 N–H and O–H groups in total. The molecule has 2 rings (SSSR count). The van der Waals surface area contributed by atoms with E-state index < -0.39 is 0 Å². The Labute approximate surface area is 154 Å². The first-order valence-electron chi connectivity index (χ1n) is 10.4. The van der Waals surface area contributed by atoms with Crippen LogP contribution < -0.4 is 0 Å². The smallest absolute Gasteiger partial charge is 0.0702 e. The van der Waals surface area contributed by atoms with Crippen LogP contribution in [0.25, 0.3) is 11.3 Å². The monoisotopic (exact) mass is 337 g/mol. The Hall–Kier alpha value is -1.63. The molecule has 1 aromatic heterocycles. The van der Waals surface area contributed by atoms with Crippen LogP contribution in [0.2, 0.25) is 0 Å². The number of rotatable bonds is 12. The molecule has 0 unspecified atom stereocenters. The maximum atomic E-state index is 4.68. The van der Waals surface area contributed by atoms with Crippen molar-refractivity contribution in [2.24, 2.45) is 0 Å². The van der Waals surface area contributed by atoms with Crippen LogP contribution in [-0.4, -0.2) is 4.98 Å². The molecule has 2 aromatic rings. The van der Waals surface area contributed by atoms with E-state index in [0.717, 1.165) is 12.1 Å². The third-order valence-electron chi connectivity index (χ3n) is 4.96. The predicted octanol–water partition coefficient (Wildman–Crippen LogP) is 7.38. The molecule has 0 aliphatic rings. The van der Waals surface area contributed by atoms with E-state index >= 15 is 0 Å². The molecule has 25 heavy (non-hydrogen) atoms. The second kappa shape index (κ2) is 11.8. The topological polar surface area (TPSA) is 12.9 Å². The molecule has 0 spiro atoms. The molecule has 1 heteroatoms. The van der Waals surface area contributed by atoms with Crippen LogP contribution in [0, 0.1) is 0 Å². The summed E-state index contributed by atoms with van der Waals surface area (Å²) >= 11 is 0. The summed E-state index contributed by atoms with van der Waals surface area (Å²) in [5, 5.41) is 0. The summed E-state index contributed by atoms with van der Waals surface area (Å²) in [6, 6.07) is 13.4. The van der Waals surface area contributed by atoms with Crippen molar-refractivity contribution in [2.75, 3.05) is 0 Å². The van der Waals surface area contributed by atoms with E-state index in [-0.39, 0.29) is 0 Å². The van der Waals surface area contributed by atoms with Gasteiger partial charge in [-0.2, -0.15) is 0 Å². The Kier molecular flexibility index (Phi) is 9.33. The van der Waals surface area contributed by atoms with E-state index in [4.69, 9.17) is 0 Å². The minimum Gasteiger partial charge on any atom is -0.256 e. The van der Waals surface area contributed by atoms with Gasteiger partial charge in [-0.25, -0.2) is 0 Å². The molecule has 0 amide bonds. The van der Waals surface area contributed by atoms with Gasteiger partial charge in [0.2, 0.25) is 0 Å². The summed E-state index contributed by atoms with van der Waals surface area (Å²) in [5.41, 5.74) is 5.13. The summed E-state index contributed by atoms with van der Waals surface area (Å²) in [4.78, 5) is 4.68. The first kappa shape index (κ1) is 19.7. The zero-order chi connectivity index (χ0) is 17.7. The molecular weight excluding hydrogens is 302 g/mol. The van der Waals surface area contributed by atoms with Crippen molar-refractivity contribution in [1.82, 2.24) is 4.98 Å². The van der Waals surface area contributed by atoms with Crippen LogP contribution >= 0.6 is 0 Å². The van der Waals surface area contributed by atoms with Gasteiger partial charge in [-0.3, -0.25) is 4.98 Å². The lowest BCUT2D eigenvalue weighted by Crippen LogP contribution is -1.91. The van der Waals surface area contributed by atoms with Crippen molar-refractivity contribution in [3.05, 3.63) is 53.7 Å². The number of aryl methyl sites for hydroxylation is 2.